The van der Waals surface area contributed by atoms with Gasteiger partial charge in [0.05, 0.1) is 11.1 Å². The van der Waals surface area contributed by atoms with E-state index in [-0.39, 0.29) is 0 Å². The van der Waals surface area contributed by atoms with Crippen LogP contribution in [0.1, 0.15) is 16.7 Å². The van der Waals surface area contributed by atoms with E-state index in [0.29, 0.717) is 16.4 Å². The van der Waals surface area contributed by atoms with Gasteiger partial charge in [-0.1, -0.05) is 30.0 Å². The number of benzene rings is 2. The largest absolute Gasteiger partial charge is 0.416 e. The highest BCUT2D eigenvalue weighted by molar-refractivity contribution is 8.17. The number of rotatable bonds is 3. The maximum absolute atomic E-state index is 13.0. The third-order valence-electron chi connectivity index (χ3n) is 4.66. The molecule has 3 aromatic rings. The van der Waals surface area contributed by atoms with Crippen LogP contribution >= 0.6 is 11.8 Å². The first kappa shape index (κ1) is 20.4. The maximum atomic E-state index is 13.0. The molecule has 0 amide bonds. The number of amidine groups is 1. The van der Waals surface area contributed by atoms with Gasteiger partial charge in [0.1, 0.15) is 0 Å². The van der Waals surface area contributed by atoms with E-state index < -0.39 is 18.0 Å². The number of fused-ring (bicyclic) bond motifs is 1. The molecule has 1 unspecified atom stereocenters. The summed E-state index contributed by atoms with van der Waals surface area (Å²) in [7, 11) is 1.55. The Morgan fingerprint density at radius 2 is 1.97 bits per heavy atom. The van der Waals surface area contributed by atoms with E-state index in [9.17, 15) is 13.2 Å². The molecule has 2 aromatic carbocycles. The number of ether oxygens (including phenoxy) is 1. The van der Waals surface area contributed by atoms with Gasteiger partial charge in [0.2, 0.25) is 0 Å². The molecule has 1 aliphatic rings. The summed E-state index contributed by atoms with van der Waals surface area (Å²) in [5, 5.41) is 4.51. The zero-order chi connectivity index (χ0) is 21.3. The van der Waals surface area contributed by atoms with Crippen LogP contribution < -0.4 is 5.32 Å². The molecule has 2 heterocycles. The van der Waals surface area contributed by atoms with Crippen LogP contribution in [0.5, 0.6) is 0 Å². The molecule has 154 valence electrons. The molecule has 1 N–H and O–H groups in total. The summed E-state index contributed by atoms with van der Waals surface area (Å²) in [6, 6.07) is 13.4. The Morgan fingerprint density at radius 3 is 2.73 bits per heavy atom. The number of methoxy groups -OCH3 is 1. The first-order valence-electron chi connectivity index (χ1n) is 9.13. The number of alkyl halides is 3. The fraction of sp³-hybridized carbons (Fsp3) is 0.182. The molecule has 1 aliphatic heterocycles. The molecule has 4 rings (SSSR count). The lowest BCUT2D eigenvalue weighted by Gasteiger charge is -2.12. The van der Waals surface area contributed by atoms with Gasteiger partial charge in [-0.25, -0.2) is 4.99 Å². The molecule has 0 bridgehead atoms. The van der Waals surface area contributed by atoms with Gasteiger partial charge in [-0.3, -0.25) is 4.98 Å². The number of nitrogens with one attached hydrogen (secondary N) is 1. The Morgan fingerprint density at radius 1 is 1.13 bits per heavy atom. The van der Waals surface area contributed by atoms with Gasteiger partial charge >= 0.3 is 6.18 Å². The molecule has 0 fully saturated rings. The summed E-state index contributed by atoms with van der Waals surface area (Å²) in [6.45, 7) is 1.75. The van der Waals surface area contributed by atoms with Crippen LogP contribution in [0.2, 0.25) is 0 Å². The second-order valence-corrected chi connectivity index (χ2v) is 7.84. The standard InChI is InChI=1S/C22H18F3N3OS/c1-13-5-7-16(22(23,24)25)12-18(13)27-21-28-20(29-2)19(30-21)11-14-6-8-17-15(10-14)4-3-9-26-17/h3-12,20H,1-2H3,(H,27,28)/b19-11-. The predicted octanol–water partition coefficient (Wildman–Crippen LogP) is 6.09. The van der Waals surface area contributed by atoms with Crippen LogP contribution in [-0.2, 0) is 10.9 Å². The predicted molar refractivity (Wildman–Crippen MR) is 115 cm³/mol. The summed E-state index contributed by atoms with van der Waals surface area (Å²) >= 11 is 1.34. The van der Waals surface area contributed by atoms with Crippen LogP contribution in [0.25, 0.3) is 17.0 Å². The number of anilines is 1. The SMILES string of the molecule is COC1N=C(Nc2cc(C(F)(F)F)ccc2C)S/C1=C\c1ccc2ncccc2c1. The second kappa shape index (κ2) is 8.12. The van der Waals surface area contributed by atoms with E-state index in [4.69, 9.17) is 4.74 Å². The van der Waals surface area contributed by atoms with Crippen LogP contribution in [0, 0.1) is 6.92 Å². The van der Waals surface area contributed by atoms with E-state index in [1.165, 1.54) is 17.8 Å². The van der Waals surface area contributed by atoms with Crippen LogP contribution in [0.3, 0.4) is 0 Å². The lowest BCUT2D eigenvalue weighted by molar-refractivity contribution is -0.137. The molecule has 8 heteroatoms. The van der Waals surface area contributed by atoms with Gasteiger partial charge < -0.3 is 10.1 Å². The number of aryl methyl sites for hydroxylation is 1. The van der Waals surface area contributed by atoms with Gasteiger partial charge in [-0.15, -0.1) is 0 Å². The number of aromatic nitrogens is 1. The molecule has 1 atom stereocenters. The zero-order valence-corrected chi connectivity index (χ0v) is 17.0. The Kier molecular flexibility index (Phi) is 5.53. The van der Waals surface area contributed by atoms with Crippen molar-refractivity contribution in [3.63, 3.8) is 0 Å². The normalized spacial score (nSPS) is 18.1. The summed E-state index contributed by atoms with van der Waals surface area (Å²) in [5.41, 5.74) is 2.22. The molecule has 1 aromatic heterocycles. The fourth-order valence-corrected chi connectivity index (χ4v) is 4.06. The minimum atomic E-state index is -4.40. The number of nitrogens with zero attached hydrogens (tertiary/aromatic N) is 2. The Balaban J connectivity index is 1.58. The topological polar surface area (TPSA) is 46.5 Å². The summed E-state index contributed by atoms with van der Waals surface area (Å²) in [4.78, 5) is 9.61. The highest BCUT2D eigenvalue weighted by atomic mass is 32.2. The second-order valence-electron chi connectivity index (χ2n) is 6.78. The van der Waals surface area contributed by atoms with Crippen molar-refractivity contribution < 1.29 is 17.9 Å². The third-order valence-corrected chi connectivity index (χ3v) is 5.61. The summed E-state index contributed by atoms with van der Waals surface area (Å²) in [5.74, 6) is 0. The number of hydrogen-bond donors (Lipinski definition) is 1. The van der Waals surface area contributed by atoms with Crippen molar-refractivity contribution in [2.45, 2.75) is 19.3 Å². The summed E-state index contributed by atoms with van der Waals surface area (Å²) < 4.78 is 44.6. The molecule has 0 saturated carbocycles. The smallest absolute Gasteiger partial charge is 0.355 e. The van der Waals surface area contributed by atoms with E-state index in [0.717, 1.165) is 33.5 Å². The summed E-state index contributed by atoms with van der Waals surface area (Å²) in [6.07, 6.45) is -1.22. The number of thioether (sulfide) groups is 1. The van der Waals surface area contributed by atoms with Crippen molar-refractivity contribution in [3.8, 4) is 0 Å². The number of pyridine rings is 1. The van der Waals surface area contributed by atoms with Crippen LogP contribution in [0.15, 0.2) is 64.6 Å². The molecule has 0 radical (unpaired) electrons. The van der Waals surface area contributed by atoms with Crippen molar-refractivity contribution >= 4 is 39.6 Å². The van der Waals surface area contributed by atoms with E-state index in [2.05, 4.69) is 15.3 Å². The van der Waals surface area contributed by atoms with Crippen LogP contribution in [-0.4, -0.2) is 23.5 Å². The third kappa shape index (κ3) is 4.34. The van der Waals surface area contributed by atoms with Crippen molar-refractivity contribution in [2.75, 3.05) is 12.4 Å². The van der Waals surface area contributed by atoms with Crippen molar-refractivity contribution in [2.24, 2.45) is 4.99 Å². The zero-order valence-electron chi connectivity index (χ0n) is 16.2. The molecular formula is C22H18F3N3OS. The van der Waals surface area contributed by atoms with E-state index in [1.807, 2.05) is 36.4 Å². The number of hydrogen-bond acceptors (Lipinski definition) is 5. The van der Waals surface area contributed by atoms with E-state index >= 15 is 0 Å². The minimum absolute atomic E-state index is 0.365. The van der Waals surface area contributed by atoms with Crippen LogP contribution in [0.4, 0.5) is 18.9 Å². The number of aliphatic imine (C=N–C) groups is 1. The first-order valence-corrected chi connectivity index (χ1v) is 9.95. The molecule has 4 nitrogen and oxygen atoms in total. The number of halogens is 3. The highest BCUT2D eigenvalue weighted by Gasteiger charge is 2.31. The fourth-order valence-electron chi connectivity index (χ4n) is 3.08. The van der Waals surface area contributed by atoms with Gasteiger partial charge in [0, 0.05) is 29.3 Å². The maximum Gasteiger partial charge on any atom is 0.416 e. The van der Waals surface area contributed by atoms with Gasteiger partial charge in [0.15, 0.2) is 11.4 Å². The lowest BCUT2D eigenvalue weighted by Crippen LogP contribution is -2.10. The average molecular weight is 429 g/mol. The highest BCUT2D eigenvalue weighted by Crippen LogP contribution is 2.36. The average Bonchev–Trinajstić information content (AvgIpc) is 3.10. The molecular weight excluding hydrogens is 411 g/mol. The monoisotopic (exact) mass is 429 g/mol. The first-order chi connectivity index (χ1) is 14.3. The van der Waals surface area contributed by atoms with Gasteiger partial charge in [-0.05, 0) is 54.5 Å². The van der Waals surface area contributed by atoms with Crippen molar-refractivity contribution in [3.05, 3.63) is 76.3 Å². The Bertz CT molecular complexity index is 1160. The lowest BCUT2D eigenvalue weighted by atomic mass is 10.1. The quantitative estimate of drug-likeness (QED) is 0.547. The van der Waals surface area contributed by atoms with Crippen molar-refractivity contribution in [1.29, 1.82) is 0 Å². The molecule has 0 saturated heterocycles. The molecule has 0 aliphatic carbocycles. The van der Waals surface area contributed by atoms with Gasteiger partial charge in [0.25, 0.3) is 0 Å². The Hall–Kier alpha value is -2.84. The van der Waals surface area contributed by atoms with Gasteiger partial charge in [-0.2, -0.15) is 13.2 Å². The Labute approximate surface area is 175 Å². The van der Waals surface area contributed by atoms with E-state index in [1.54, 1.807) is 20.2 Å². The molecule has 0 spiro atoms. The molecule has 30 heavy (non-hydrogen) atoms. The van der Waals surface area contributed by atoms with Crippen molar-refractivity contribution in [1.82, 2.24) is 4.98 Å². The minimum Gasteiger partial charge on any atom is -0.355 e.